The number of nitrogens with one attached hydrogen (secondary N) is 1. The van der Waals surface area contributed by atoms with E-state index < -0.39 is 0 Å². The summed E-state index contributed by atoms with van der Waals surface area (Å²) in [6.45, 7) is 9.41. The van der Waals surface area contributed by atoms with E-state index in [0.29, 0.717) is 6.04 Å². The summed E-state index contributed by atoms with van der Waals surface area (Å²) in [7, 11) is 0. The van der Waals surface area contributed by atoms with Gasteiger partial charge in [0.25, 0.3) is 0 Å². The van der Waals surface area contributed by atoms with Crippen LogP contribution in [0.2, 0.25) is 0 Å². The molecular weight excluding hydrogens is 227 g/mol. The van der Waals surface area contributed by atoms with Gasteiger partial charge in [-0.05, 0) is 51.4 Å². The third-order valence-corrected chi connectivity index (χ3v) is 3.13. The summed E-state index contributed by atoms with van der Waals surface area (Å²) in [5.74, 6) is -0.164. The molecule has 0 heterocycles. The fourth-order valence-corrected chi connectivity index (χ4v) is 1.98. The number of benzene rings is 1. The predicted molar refractivity (Wildman–Crippen MR) is 76.7 cm³/mol. The van der Waals surface area contributed by atoms with Crippen LogP contribution in [0.1, 0.15) is 33.6 Å². The first-order chi connectivity index (χ1) is 8.67. The van der Waals surface area contributed by atoms with Gasteiger partial charge in [0.1, 0.15) is 5.82 Å². The molecule has 1 unspecified atom stereocenters. The maximum Gasteiger partial charge on any atom is 0.125 e. The summed E-state index contributed by atoms with van der Waals surface area (Å²) in [6.07, 6.45) is 2.23. The minimum atomic E-state index is -0.164. The Morgan fingerprint density at radius 1 is 1.33 bits per heavy atom. The van der Waals surface area contributed by atoms with Gasteiger partial charge >= 0.3 is 0 Å². The molecule has 1 aromatic carbocycles. The van der Waals surface area contributed by atoms with Crippen LogP contribution in [-0.2, 0) is 0 Å². The Hall–Kier alpha value is -1.09. The van der Waals surface area contributed by atoms with Gasteiger partial charge in [0.2, 0.25) is 0 Å². The maximum absolute atomic E-state index is 13.2. The van der Waals surface area contributed by atoms with Gasteiger partial charge in [0.05, 0.1) is 0 Å². The number of nitrogens with zero attached hydrogens (tertiary/aromatic N) is 1. The summed E-state index contributed by atoms with van der Waals surface area (Å²) in [5.41, 5.74) is 0.972. The van der Waals surface area contributed by atoms with Crippen molar-refractivity contribution in [2.24, 2.45) is 0 Å². The zero-order chi connectivity index (χ0) is 13.4. The van der Waals surface area contributed by atoms with E-state index in [1.807, 2.05) is 6.07 Å². The molecule has 0 saturated carbocycles. The lowest BCUT2D eigenvalue weighted by Crippen LogP contribution is -2.32. The minimum absolute atomic E-state index is 0.164. The van der Waals surface area contributed by atoms with Crippen LogP contribution < -0.4 is 10.2 Å². The monoisotopic (exact) mass is 252 g/mol. The average molecular weight is 252 g/mol. The van der Waals surface area contributed by atoms with Crippen molar-refractivity contribution in [1.29, 1.82) is 0 Å². The number of anilines is 1. The Morgan fingerprint density at radius 2 is 2.11 bits per heavy atom. The molecule has 0 radical (unpaired) electrons. The fourth-order valence-electron chi connectivity index (χ4n) is 1.98. The number of hydrogen-bond acceptors (Lipinski definition) is 2. The summed E-state index contributed by atoms with van der Waals surface area (Å²) in [4.78, 5) is 2.22. The van der Waals surface area contributed by atoms with E-state index in [4.69, 9.17) is 0 Å². The normalized spacial score (nSPS) is 12.4. The molecule has 0 bridgehead atoms. The highest BCUT2D eigenvalue weighted by molar-refractivity contribution is 5.46. The van der Waals surface area contributed by atoms with Crippen molar-refractivity contribution in [3.05, 3.63) is 30.1 Å². The first kappa shape index (κ1) is 15.0. The first-order valence-corrected chi connectivity index (χ1v) is 6.91. The zero-order valence-corrected chi connectivity index (χ0v) is 11.7. The quantitative estimate of drug-likeness (QED) is 0.762. The van der Waals surface area contributed by atoms with Gasteiger partial charge in [-0.2, -0.15) is 0 Å². The molecule has 0 amide bonds. The third kappa shape index (κ3) is 5.05. The van der Waals surface area contributed by atoms with Crippen LogP contribution in [0.5, 0.6) is 0 Å². The molecule has 102 valence electrons. The molecule has 0 fully saturated rings. The highest BCUT2D eigenvalue weighted by Crippen LogP contribution is 2.15. The molecule has 0 aliphatic carbocycles. The molecule has 0 aliphatic rings. The predicted octanol–water partition coefficient (Wildman–Crippen LogP) is 3.43. The van der Waals surface area contributed by atoms with Crippen LogP contribution in [0.4, 0.5) is 10.1 Å². The summed E-state index contributed by atoms with van der Waals surface area (Å²) in [5, 5.41) is 3.47. The van der Waals surface area contributed by atoms with Crippen LogP contribution >= 0.6 is 0 Å². The number of rotatable bonds is 8. The molecule has 0 saturated heterocycles. The van der Waals surface area contributed by atoms with Gasteiger partial charge in [0, 0.05) is 24.8 Å². The lowest BCUT2D eigenvalue weighted by atomic mass is 10.2. The highest BCUT2D eigenvalue weighted by atomic mass is 19.1. The largest absolute Gasteiger partial charge is 0.372 e. The smallest absolute Gasteiger partial charge is 0.125 e. The SMILES string of the molecule is CCCNC(C)CCN(CC)c1cccc(F)c1. The summed E-state index contributed by atoms with van der Waals surface area (Å²) < 4.78 is 13.2. The van der Waals surface area contributed by atoms with Crippen molar-refractivity contribution < 1.29 is 4.39 Å². The Labute approximate surface area is 110 Å². The van der Waals surface area contributed by atoms with Crippen LogP contribution in [-0.4, -0.2) is 25.7 Å². The highest BCUT2D eigenvalue weighted by Gasteiger charge is 2.07. The van der Waals surface area contributed by atoms with Crippen molar-refractivity contribution in [2.45, 2.75) is 39.7 Å². The van der Waals surface area contributed by atoms with Crippen molar-refractivity contribution in [2.75, 3.05) is 24.5 Å². The second kappa shape index (κ2) is 8.09. The van der Waals surface area contributed by atoms with Gasteiger partial charge in [-0.25, -0.2) is 4.39 Å². The standard InChI is InChI=1S/C15H25FN2/c1-4-10-17-13(3)9-11-18(5-2)15-8-6-7-14(16)12-15/h6-8,12-13,17H,4-5,9-11H2,1-3H3. The number of halogens is 1. The van der Waals surface area contributed by atoms with Crippen LogP contribution in [0.3, 0.4) is 0 Å². The summed E-state index contributed by atoms with van der Waals surface area (Å²) >= 11 is 0. The Morgan fingerprint density at radius 3 is 2.72 bits per heavy atom. The van der Waals surface area contributed by atoms with Crippen molar-refractivity contribution in [3.8, 4) is 0 Å². The van der Waals surface area contributed by atoms with E-state index in [2.05, 4.69) is 31.0 Å². The zero-order valence-electron chi connectivity index (χ0n) is 11.7. The van der Waals surface area contributed by atoms with Gasteiger partial charge in [-0.15, -0.1) is 0 Å². The van der Waals surface area contributed by atoms with Crippen molar-refractivity contribution in [1.82, 2.24) is 5.32 Å². The Balaban J connectivity index is 2.47. The van der Waals surface area contributed by atoms with E-state index in [9.17, 15) is 4.39 Å². The first-order valence-electron chi connectivity index (χ1n) is 6.91. The summed E-state index contributed by atoms with van der Waals surface area (Å²) in [6, 6.07) is 7.34. The molecule has 1 aromatic rings. The van der Waals surface area contributed by atoms with Crippen molar-refractivity contribution >= 4 is 5.69 Å². The van der Waals surface area contributed by atoms with Gasteiger partial charge in [-0.3, -0.25) is 0 Å². The van der Waals surface area contributed by atoms with Crippen LogP contribution in [0, 0.1) is 5.82 Å². The molecule has 1 rings (SSSR count). The topological polar surface area (TPSA) is 15.3 Å². The van der Waals surface area contributed by atoms with E-state index in [0.717, 1.165) is 38.2 Å². The van der Waals surface area contributed by atoms with Gasteiger partial charge in [0.15, 0.2) is 0 Å². The maximum atomic E-state index is 13.2. The molecule has 0 aromatic heterocycles. The Kier molecular flexibility index (Phi) is 6.73. The molecule has 1 N–H and O–H groups in total. The van der Waals surface area contributed by atoms with Crippen LogP contribution in [0.25, 0.3) is 0 Å². The molecule has 0 spiro atoms. The lowest BCUT2D eigenvalue weighted by Gasteiger charge is -2.25. The fraction of sp³-hybridized carbons (Fsp3) is 0.600. The van der Waals surface area contributed by atoms with E-state index in [-0.39, 0.29) is 5.82 Å². The van der Waals surface area contributed by atoms with Crippen molar-refractivity contribution in [3.63, 3.8) is 0 Å². The Bertz CT molecular complexity index is 341. The molecule has 1 atom stereocenters. The van der Waals surface area contributed by atoms with Gasteiger partial charge in [-0.1, -0.05) is 13.0 Å². The lowest BCUT2D eigenvalue weighted by molar-refractivity contribution is 0.511. The van der Waals surface area contributed by atoms with E-state index in [1.54, 1.807) is 12.1 Å². The van der Waals surface area contributed by atoms with Crippen LogP contribution in [0.15, 0.2) is 24.3 Å². The number of hydrogen-bond donors (Lipinski definition) is 1. The molecule has 0 aliphatic heterocycles. The second-order valence-electron chi connectivity index (χ2n) is 4.70. The molecule has 18 heavy (non-hydrogen) atoms. The second-order valence-corrected chi connectivity index (χ2v) is 4.70. The minimum Gasteiger partial charge on any atom is -0.372 e. The van der Waals surface area contributed by atoms with Gasteiger partial charge < -0.3 is 10.2 Å². The third-order valence-electron chi connectivity index (χ3n) is 3.13. The van der Waals surface area contributed by atoms with E-state index >= 15 is 0 Å². The molecular formula is C15H25FN2. The van der Waals surface area contributed by atoms with E-state index in [1.165, 1.54) is 6.07 Å². The molecule has 3 heteroatoms. The average Bonchev–Trinajstić information content (AvgIpc) is 2.37. The molecule has 2 nitrogen and oxygen atoms in total.